The largest absolute Gasteiger partial charge is 0.497 e. The molecule has 0 saturated carbocycles. The molecule has 1 N–H and O–H groups in total. The summed E-state index contributed by atoms with van der Waals surface area (Å²) in [5.41, 5.74) is 5.27. The first-order valence-electron chi connectivity index (χ1n) is 11.2. The summed E-state index contributed by atoms with van der Waals surface area (Å²) in [6.45, 7) is 0. The molecule has 3 heterocycles. The van der Waals surface area contributed by atoms with Crippen molar-refractivity contribution in [3.63, 3.8) is 0 Å². The van der Waals surface area contributed by atoms with E-state index < -0.39 is 0 Å². The molecule has 4 aromatic rings. The Balaban J connectivity index is 1.63. The highest BCUT2D eigenvalue weighted by atomic mass is 32.1. The minimum absolute atomic E-state index is 0.113. The molecule has 0 spiro atoms. The van der Waals surface area contributed by atoms with Crippen LogP contribution < -0.4 is 19.9 Å². The summed E-state index contributed by atoms with van der Waals surface area (Å²) >= 11 is 5.87. The number of hydrogen-bond acceptors (Lipinski definition) is 4. The Kier molecular flexibility index (Phi) is 5.94. The molecule has 0 aliphatic carbocycles. The second-order valence-electron chi connectivity index (χ2n) is 8.41. The van der Waals surface area contributed by atoms with Crippen molar-refractivity contribution in [3.8, 4) is 11.4 Å². The average Bonchev–Trinajstić information content (AvgIpc) is 3.49. The van der Waals surface area contributed by atoms with Crippen molar-refractivity contribution in [2.24, 2.45) is 0 Å². The van der Waals surface area contributed by atoms with Crippen LogP contribution in [0.1, 0.15) is 23.5 Å². The highest BCUT2D eigenvalue weighted by Gasteiger charge is 2.42. The maximum Gasteiger partial charge on any atom is 0.174 e. The highest BCUT2D eigenvalue weighted by Crippen LogP contribution is 2.42. The van der Waals surface area contributed by atoms with E-state index in [1.54, 1.807) is 7.11 Å². The number of nitrogens with one attached hydrogen (secondary N) is 1. The second kappa shape index (κ2) is 9.19. The van der Waals surface area contributed by atoms with Crippen LogP contribution in [0.4, 0.5) is 11.4 Å². The number of rotatable bonds is 6. The molecular formula is C27H27N5OS. The number of benzene rings is 2. The van der Waals surface area contributed by atoms with E-state index in [1.165, 1.54) is 0 Å². The van der Waals surface area contributed by atoms with E-state index in [-0.39, 0.29) is 12.1 Å². The van der Waals surface area contributed by atoms with Crippen LogP contribution in [0.2, 0.25) is 0 Å². The molecule has 0 bridgehead atoms. The Morgan fingerprint density at radius 1 is 0.941 bits per heavy atom. The molecule has 1 aliphatic rings. The molecule has 2 atom stereocenters. The quantitative estimate of drug-likeness (QED) is 0.395. The van der Waals surface area contributed by atoms with Gasteiger partial charge in [0.2, 0.25) is 0 Å². The van der Waals surface area contributed by atoms with Crippen LogP contribution in [0.3, 0.4) is 0 Å². The summed E-state index contributed by atoms with van der Waals surface area (Å²) in [5.74, 6) is 0.787. The lowest BCUT2D eigenvalue weighted by molar-refractivity contribution is 0.414. The van der Waals surface area contributed by atoms with Crippen molar-refractivity contribution in [2.75, 3.05) is 31.0 Å². The van der Waals surface area contributed by atoms with E-state index in [2.05, 4.69) is 73.3 Å². The summed E-state index contributed by atoms with van der Waals surface area (Å²) < 4.78 is 7.72. The van der Waals surface area contributed by atoms with Crippen LogP contribution in [0.5, 0.6) is 5.75 Å². The van der Waals surface area contributed by atoms with E-state index in [4.69, 9.17) is 17.0 Å². The number of methoxy groups -OCH3 is 1. The van der Waals surface area contributed by atoms with Gasteiger partial charge in [0.25, 0.3) is 0 Å². The van der Waals surface area contributed by atoms with Gasteiger partial charge in [-0.2, -0.15) is 0 Å². The molecule has 0 unspecified atom stereocenters. The topological polar surface area (TPSA) is 45.6 Å². The van der Waals surface area contributed by atoms with Crippen molar-refractivity contribution in [3.05, 3.63) is 103 Å². The lowest BCUT2D eigenvalue weighted by atomic mass is 10.0. The third kappa shape index (κ3) is 3.99. The fraction of sp³-hybridized carbons (Fsp3) is 0.185. The number of aromatic nitrogens is 2. The van der Waals surface area contributed by atoms with E-state index in [0.717, 1.165) is 34.2 Å². The molecule has 2 aromatic carbocycles. The molecule has 6 nitrogen and oxygen atoms in total. The smallest absolute Gasteiger partial charge is 0.174 e. The minimum atomic E-state index is -0.116. The monoisotopic (exact) mass is 469 g/mol. The number of anilines is 2. The van der Waals surface area contributed by atoms with Crippen molar-refractivity contribution in [1.82, 2.24) is 14.9 Å². The molecule has 7 heteroatoms. The Morgan fingerprint density at radius 2 is 1.76 bits per heavy atom. The van der Waals surface area contributed by atoms with Gasteiger partial charge in [0.15, 0.2) is 5.11 Å². The SMILES string of the molecule is COc1cccc(N2C(=S)N[C@@H](c3ccccn3)[C@@H]2c2cccn2-c2ccc(N(C)C)cc2)c1. The fourth-order valence-corrected chi connectivity index (χ4v) is 4.82. The van der Waals surface area contributed by atoms with Gasteiger partial charge >= 0.3 is 0 Å². The molecule has 1 saturated heterocycles. The molecule has 1 fully saturated rings. The summed E-state index contributed by atoms with van der Waals surface area (Å²) in [5, 5.41) is 4.19. The predicted octanol–water partition coefficient (Wildman–Crippen LogP) is 5.12. The third-order valence-electron chi connectivity index (χ3n) is 6.16. The van der Waals surface area contributed by atoms with Gasteiger partial charge in [-0.3, -0.25) is 4.98 Å². The Morgan fingerprint density at radius 3 is 2.47 bits per heavy atom. The minimum Gasteiger partial charge on any atom is -0.497 e. The maximum atomic E-state index is 5.87. The molecule has 0 amide bonds. The van der Waals surface area contributed by atoms with Crippen LogP contribution in [-0.4, -0.2) is 35.9 Å². The Hall–Kier alpha value is -3.84. The van der Waals surface area contributed by atoms with Crippen LogP contribution >= 0.6 is 12.2 Å². The zero-order valence-corrected chi connectivity index (χ0v) is 20.2. The van der Waals surface area contributed by atoms with E-state index >= 15 is 0 Å². The van der Waals surface area contributed by atoms with Crippen molar-refractivity contribution < 1.29 is 4.74 Å². The predicted molar refractivity (Wildman–Crippen MR) is 141 cm³/mol. The molecule has 1 aliphatic heterocycles. The summed E-state index contributed by atoms with van der Waals surface area (Å²) in [4.78, 5) is 8.92. The Bertz CT molecular complexity index is 1290. The summed E-state index contributed by atoms with van der Waals surface area (Å²) in [6, 6.07) is 26.5. The van der Waals surface area contributed by atoms with Crippen molar-refractivity contribution in [2.45, 2.75) is 12.1 Å². The van der Waals surface area contributed by atoms with Gasteiger partial charge in [-0.1, -0.05) is 12.1 Å². The third-order valence-corrected chi connectivity index (χ3v) is 6.47. The first-order chi connectivity index (χ1) is 16.6. The number of nitrogens with zero attached hydrogens (tertiary/aromatic N) is 4. The maximum absolute atomic E-state index is 5.87. The summed E-state index contributed by atoms with van der Waals surface area (Å²) in [7, 11) is 5.77. The van der Waals surface area contributed by atoms with Gasteiger partial charge in [-0.05, 0) is 72.9 Å². The lowest BCUT2D eigenvalue weighted by Crippen LogP contribution is -2.30. The number of pyridine rings is 1. The second-order valence-corrected chi connectivity index (χ2v) is 8.80. The Labute approximate surface area is 205 Å². The van der Waals surface area contributed by atoms with Gasteiger partial charge < -0.3 is 24.4 Å². The molecule has 0 radical (unpaired) electrons. The average molecular weight is 470 g/mol. The molecule has 5 rings (SSSR count). The molecular weight excluding hydrogens is 442 g/mol. The lowest BCUT2D eigenvalue weighted by Gasteiger charge is -2.29. The highest BCUT2D eigenvalue weighted by molar-refractivity contribution is 7.80. The number of ether oxygens (including phenoxy) is 1. The number of thiocarbonyl (C=S) groups is 1. The summed E-state index contributed by atoms with van der Waals surface area (Å²) in [6.07, 6.45) is 3.92. The van der Waals surface area contributed by atoms with Crippen molar-refractivity contribution >= 4 is 28.7 Å². The van der Waals surface area contributed by atoms with E-state index in [1.807, 2.05) is 56.7 Å². The van der Waals surface area contributed by atoms with Crippen LogP contribution in [-0.2, 0) is 0 Å². The molecule has 172 valence electrons. The molecule has 34 heavy (non-hydrogen) atoms. The van der Waals surface area contributed by atoms with Crippen LogP contribution in [0.15, 0.2) is 91.3 Å². The van der Waals surface area contributed by atoms with Gasteiger partial charge in [0.1, 0.15) is 11.8 Å². The van der Waals surface area contributed by atoms with Crippen LogP contribution in [0, 0.1) is 0 Å². The molecule has 2 aromatic heterocycles. The van der Waals surface area contributed by atoms with Gasteiger partial charge in [-0.15, -0.1) is 0 Å². The standard InChI is InChI=1S/C27H27N5OS/c1-30(2)19-12-14-20(15-13-19)31-17-7-11-24(31)26-25(23-10-4-5-16-28-23)29-27(34)32(26)21-8-6-9-22(18-21)33-3/h4-18,25-26H,1-3H3,(H,29,34)/t25-,26-/m0/s1. The normalized spacial score (nSPS) is 17.5. The van der Waals surface area contributed by atoms with Gasteiger partial charge in [0.05, 0.1) is 18.8 Å². The zero-order chi connectivity index (χ0) is 23.7. The van der Waals surface area contributed by atoms with Gasteiger partial charge in [0, 0.05) is 55.3 Å². The van der Waals surface area contributed by atoms with E-state index in [9.17, 15) is 0 Å². The van der Waals surface area contributed by atoms with Gasteiger partial charge in [-0.25, -0.2) is 0 Å². The number of hydrogen-bond donors (Lipinski definition) is 1. The van der Waals surface area contributed by atoms with Crippen LogP contribution in [0.25, 0.3) is 5.69 Å². The zero-order valence-electron chi connectivity index (χ0n) is 19.4. The van der Waals surface area contributed by atoms with E-state index in [0.29, 0.717) is 5.11 Å². The fourth-order valence-electron chi connectivity index (χ4n) is 4.48. The van der Waals surface area contributed by atoms with Crippen molar-refractivity contribution in [1.29, 1.82) is 0 Å². The first-order valence-corrected chi connectivity index (χ1v) is 11.6. The first kappa shape index (κ1) is 22.0.